The van der Waals surface area contributed by atoms with Crippen LogP contribution in [0.15, 0.2) is 84.0 Å². The number of anilines is 1. The molecular weight excluding hydrogens is 629 g/mol. The molecule has 2 heterocycles. The van der Waals surface area contributed by atoms with Crippen LogP contribution in [0, 0.1) is 6.92 Å². The zero-order valence-corrected chi connectivity index (χ0v) is 25.8. The molecule has 0 saturated carbocycles. The van der Waals surface area contributed by atoms with Crippen molar-refractivity contribution in [3.05, 3.63) is 95.7 Å². The highest BCUT2D eigenvalue weighted by molar-refractivity contribution is 8.15. The molecule has 0 radical (unpaired) electrons. The topological polar surface area (TPSA) is 84.6 Å². The smallest absolute Gasteiger partial charge is 0.406 e. The minimum absolute atomic E-state index is 0.127. The molecule has 0 unspecified atom stereocenters. The van der Waals surface area contributed by atoms with E-state index in [-0.39, 0.29) is 28.4 Å². The quantitative estimate of drug-likeness (QED) is 0.125. The van der Waals surface area contributed by atoms with E-state index in [1.54, 1.807) is 24.3 Å². The number of carbonyl (C=O) groups excluding carboxylic acids is 1. The van der Waals surface area contributed by atoms with E-state index in [0.29, 0.717) is 27.8 Å². The maximum absolute atomic E-state index is 14.9. The van der Waals surface area contributed by atoms with Crippen molar-refractivity contribution in [2.75, 3.05) is 10.7 Å². The third-order valence-corrected chi connectivity index (χ3v) is 7.64. The maximum atomic E-state index is 14.9. The maximum Gasteiger partial charge on any atom is 0.573 e. The van der Waals surface area contributed by atoms with E-state index in [4.69, 9.17) is 12.2 Å². The summed E-state index contributed by atoms with van der Waals surface area (Å²) in [6, 6.07) is 17.8. The highest BCUT2D eigenvalue weighted by Gasteiger charge is 2.32. The summed E-state index contributed by atoms with van der Waals surface area (Å²) in [5, 5.41) is 7.07. The van der Waals surface area contributed by atoms with Gasteiger partial charge in [-0.2, -0.15) is 9.38 Å². The Morgan fingerprint density at radius 1 is 1.11 bits per heavy atom. The lowest BCUT2D eigenvalue weighted by Gasteiger charge is -2.22. The number of rotatable bonds is 7. The number of ether oxygens (including phenoxy) is 1. The molecule has 1 N–H and O–H groups in total. The van der Waals surface area contributed by atoms with Crippen molar-refractivity contribution >= 4 is 51.9 Å². The lowest BCUT2D eigenvalue weighted by molar-refractivity contribution is -0.274. The van der Waals surface area contributed by atoms with Crippen LogP contribution in [0.2, 0.25) is 0 Å². The van der Waals surface area contributed by atoms with Crippen molar-refractivity contribution < 1.29 is 27.1 Å². The van der Waals surface area contributed by atoms with Gasteiger partial charge in [0.25, 0.3) is 0 Å². The summed E-state index contributed by atoms with van der Waals surface area (Å²) in [6.45, 7) is 6.04. The van der Waals surface area contributed by atoms with Gasteiger partial charge in [-0.3, -0.25) is 9.69 Å². The van der Waals surface area contributed by atoms with Crippen LogP contribution in [-0.2, 0) is 4.79 Å². The van der Waals surface area contributed by atoms with Crippen LogP contribution in [0.4, 0.5) is 23.2 Å². The second kappa shape index (κ2) is 13.2. The van der Waals surface area contributed by atoms with E-state index < -0.39 is 12.3 Å². The number of benzene rings is 3. The van der Waals surface area contributed by atoms with E-state index in [1.807, 2.05) is 39.0 Å². The molecule has 5 rings (SSSR count). The number of hydrogen-bond acceptors (Lipinski definition) is 6. The Morgan fingerprint density at radius 2 is 1.82 bits per heavy atom. The first-order valence-electron chi connectivity index (χ1n) is 13.6. The molecule has 0 atom stereocenters. The Hall–Kier alpha value is -4.56. The Morgan fingerprint density at radius 3 is 2.49 bits per heavy atom. The van der Waals surface area contributed by atoms with Gasteiger partial charge in [-0.1, -0.05) is 62.0 Å². The van der Waals surface area contributed by atoms with E-state index >= 15 is 0 Å². The lowest BCUT2D eigenvalue weighted by Crippen LogP contribution is -2.32. The molecule has 1 fully saturated rings. The molecule has 4 aromatic rings. The first-order chi connectivity index (χ1) is 21.4. The molecule has 14 heteroatoms. The molecule has 0 spiro atoms. The lowest BCUT2D eigenvalue weighted by atomic mass is 9.99. The molecule has 1 saturated heterocycles. The molecule has 45 heavy (non-hydrogen) atoms. The van der Waals surface area contributed by atoms with Gasteiger partial charge in [-0.05, 0) is 78.2 Å². The fourth-order valence-corrected chi connectivity index (χ4v) is 5.57. The summed E-state index contributed by atoms with van der Waals surface area (Å²) in [7, 11) is 0. The largest absolute Gasteiger partial charge is 0.573 e. The zero-order valence-electron chi connectivity index (χ0n) is 24.2. The zero-order chi connectivity index (χ0) is 32.3. The summed E-state index contributed by atoms with van der Waals surface area (Å²) in [6.07, 6.45) is -2.11. The molecule has 0 bridgehead atoms. The first-order valence-corrected chi connectivity index (χ1v) is 15.0. The van der Waals surface area contributed by atoms with Crippen molar-refractivity contribution in [1.29, 1.82) is 0 Å². The van der Waals surface area contributed by atoms with Crippen LogP contribution in [0.3, 0.4) is 0 Å². The number of hydrogen-bond donors (Lipinski definition) is 1. The van der Waals surface area contributed by atoms with Crippen LogP contribution in [0.5, 0.6) is 5.75 Å². The van der Waals surface area contributed by atoms with Gasteiger partial charge in [-0.25, -0.2) is 9.67 Å². The number of aryl methyl sites for hydroxylation is 1. The van der Waals surface area contributed by atoms with Gasteiger partial charge in [0.05, 0.1) is 17.1 Å². The second-order valence-corrected chi connectivity index (χ2v) is 11.6. The van der Waals surface area contributed by atoms with Crippen molar-refractivity contribution in [3.63, 3.8) is 0 Å². The summed E-state index contributed by atoms with van der Waals surface area (Å²) >= 11 is 6.52. The van der Waals surface area contributed by atoms with Crippen LogP contribution in [0.1, 0.15) is 36.5 Å². The van der Waals surface area contributed by atoms with Gasteiger partial charge in [0.1, 0.15) is 12.1 Å². The normalized spacial score (nSPS) is 14.8. The van der Waals surface area contributed by atoms with E-state index in [2.05, 4.69) is 25.1 Å². The van der Waals surface area contributed by atoms with E-state index in [0.717, 1.165) is 16.8 Å². The number of alkyl halides is 3. The number of carbonyl (C=O) groups is 1. The predicted molar refractivity (Wildman–Crippen MR) is 171 cm³/mol. The number of nitrogens with zero attached hydrogens (tertiary/aromatic N) is 5. The average Bonchev–Trinajstić information content (AvgIpc) is 3.60. The fraction of sp³-hybridized carbons (Fsp3) is 0.194. The van der Waals surface area contributed by atoms with E-state index in [1.165, 1.54) is 58.0 Å². The van der Waals surface area contributed by atoms with Gasteiger partial charge >= 0.3 is 6.36 Å². The number of thiocarbonyl (C=S) groups is 1. The highest BCUT2D eigenvalue weighted by atomic mass is 32.2. The van der Waals surface area contributed by atoms with Gasteiger partial charge in [0.2, 0.25) is 11.0 Å². The third-order valence-electron chi connectivity index (χ3n) is 6.53. The Bertz CT molecular complexity index is 1790. The molecule has 1 aliphatic heterocycles. The van der Waals surface area contributed by atoms with Crippen molar-refractivity contribution in [3.8, 4) is 22.8 Å². The third kappa shape index (κ3) is 7.94. The van der Waals surface area contributed by atoms with Gasteiger partial charge < -0.3 is 10.1 Å². The summed E-state index contributed by atoms with van der Waals surface area (Å²) in [5.41, 5.74) is 4.37. The van der Waals surface area contributed by atoms with E-state index in [9.17, 15) is 22.4 Å². The minimum Gasteiger partial charge on any atom is -0.406 e. The molecular formula is C31H26F4N6O2S2. The van der Waals surface area contributed by atoms with Crippen LogP contribution in [-0.4, -0.2) is 43.1 Å². The van der Waals surface area contributed by atoms with Crippen molar-refractivity contribution in [1.82, 2.24) is 20.1 Å². The number of amidine groups is 1. The summed E-state index contributed by atoms with van der Waals surface area (Å²) < 4.78 is 57.4. The summed E-state index contributed by atoms with van der Waals surface area (Å²) in [5.74, 6) is -0.476. The number of thioether (sulfide) groups is 1. The first kappa shape index (κ1) is 31.9. The molecule has 1 amide bonds. The molecule has 1 aliphatic rings. The molecule has 8 nitrogen and oxygen atoms in total. The average molecular weight is 655 g/mol. The Balaban J connectivity index is 1.25. The van der Waals surface area contributed by atoms with Crippen molar-refractivity contribution in [2.24, 2.45) is 4.99 Å². The number of aromatic nitrogens is 3. The van der Waals surface area contributed by atoms with Gasteiger partial charge in [0.15, 0.2) is 16.9 Å². The van der Waals surface area contributed by atoms with Crippen LogP contribution >= 0.6 is 24.0 Å². The number of aliphatic imine (C=N–C) groups is 1. The fourth-order valence-electron chi connectivity index (χ4n) is 4.47. The number of nitrogens with one attached hydrogen (secondary N) is 1. The second-order valence-electron chi connectivity index (χ2n) is 10.2. The standard InChI is InChI=1S/C31H26F4N6O2S2/c1-18(2)24-13-4-19(3)14-25(24)41-27(42)16-45-30(41)38-29(44)37-26(32)15-20-5-7-21(8-6-20)28-36-17-40(39-28)22-9-11-23(12-10-22)43-31(33,34)35/h4-15,17-18H,16H2,1-3H3,(H,37,44)/b26-15+,38-30-. The van der Waals surface area contributed by atoms with Crippen LogP contribution < -0.4 is 15.0 Å². The Kier molecular flexibility index (Phi) is 9.34. The van der Waals surface area contributed by atoms with Gasteiger partial charge in [0, 0.05) is 5.56 Å². The highest BCUT2D eigenvalue weighted by Crippen LogP contribution is 2.34. The minimum atomic E-state index is -4.78. The Labute approximate surface area is 265 Å². The molecule has 3 aromatic carbocycles. The molecule has 1 aromatic heterocycles. The SMILES string of the molecule is Cc1ccc(C(C)C)c(N2C(=O)CS/C2=N\C(=S)N/C(F)=C/c2ccc(-c3ncn(-c4ccc(OC(F)(F)F)cc4)n3)cc2)c1. The molecule has 0 aliphatic carbocycles. The monoisotopic (exact) mass is 654 g/mol. The molecule has 232 valence electrons. The number of amides is 1. The summed E-state index contributed by atoms with van der Waals surface area (Å²) in [4.78, 5) is 22.9. The number of halogens is 4. The van der Waals surface area contributed by atoms with Gasteiger partial charge in [-0.15, -0.1) is 18.3 Å². The van der Waals surface area contributed by atoms with Crippen LogP contribution in [0.25, 0.3) is 23.2 Å². The van der Waals surface area contributed by atoms with Crippen molar-refractivity contribution in [2.45, 2.75) is 33.1 Å². The predicted octanol–water partition coefficient (Wildman–Crippen LogP) is 7.54.